The topological polar surface area (TPSA) is 115 Å². The summed E-state index contributed by atoms with van der Waals surface area (Å²) in [5, 5.41) is -0.457. The first kappa shape index (κ1) is 29.3. The largest absolute Gasteiger partial charge is 0.416 e. The monoisotopic (exact) mass is 604 g/mol. The average Bonchev–Trinajstić information content (AvgIpc) is 2.86. The fourth-order valence-electron chi connectivity index (χ4n) is 4.79. The van der Waals surface area contributed by atoms with Crippen LogP contribution in [-0.2, 0) is 33.9 Å². The Hall–Kier alpha value is -2.67. The fourth-order valence-corrected chi connectivity index (χ4v) is 6.41. The second kappa shape index (κ2) is 11.1. The molecule has 0 spiro atoms. The van der Waals surface area contributed by atoms with Gasteiger partial charge in [0.05, 0.1) is 50.9 Å². The maximum absolute atomic E-state index is 14.2. The van der Waals surface area contributed by atoms with Crippen LogP contribution in [0.2, 0.25) is 10.0 Å². The van der Waals surface area contributed by atoms with Crippen molar-refractivity contribution in [2.45, 2.75) is 43.9 Å². The zero-order chi connectivity index (χ0) is 28.7. The highest BCUT2D eigenvalue weighted by Gasteiger charge is 2.37. The van der Waals surface area contributed by atoms with Crippen molar-refractivity contribution < 1.29 is 26.4 Å². The number of piperidine rings is 1. The van der Waals surface area contributed by atoms with Crippen molar-refractivity contribution in [1.82, 2.24) is 14.5 Å². The van der Waals surface area contributed by atoms with Crippen LogP contribution in [0, 0.1) is 5.92 Å². The molecular formula is C25H25Cl2F3N4O4S. The summed E-state index contributed by atoms with van der Waals surface area (Å²) in [7, 11) is -3.68. The van der Waals surface area contributed by atoms with E-state index in [1.54, 1.807) is 4.90 Å². The summed E-state index contributed by atoms with van der Waals surface area (Å²) >= 11 is 12.5. The number of hydrogen-bond donors (Lipinski definition) is 1. The van der Waals surface area contributed by atoms with Gasteiger partial charge >= 0.3 is 6.18 Å². The smallest absolute Gasteiger partial charge is 0.369 e. The molecule has 1 atom stereocenters. The summed E-state index contributed by atoms with van der Waals surface area (Å²) in [6.45, 7) is 1.61. The Bertz CT molecular complexity index is 1610. The van der Waals surface area contributed by atoms with Crippen molar-refractivity contribution in [1.29, 1.82) is 0 Å². The number of hydrogen-bond acceptors (Lipinski definition) is 6. The van der Waals surface area contributed by atoms with Crippen molar-refractivity contribution >= 4 is 49.8 Å². The summed E-state index contributed by atoms with van der Waals surface area (Å²) in [6, 6.07) is 4.83. The number of carbonyl (C=O) groups is 1. The molecule has 39 heavy (non-hydrogen) atoms. The van der Waals surface area contributed by atoms with Crippen LogP contribution in [0.1, 0.15) is 36.5 Å². The third kappa shape index (κ3) is 6.08. The summed E-state index contributed by atoms with van der Waals surface area (Å²) < 4.78 is 68.7. The minimum absolute atomic E-state index is 0.0402. The number of carbonyl (C=O) groups excluding carboxylic acids is 1. The van der Waals surface area contributed by atoms with Gasteiger partial charge in [0.1, 0.15) is 0 Å². The van der Waals surface area contributed by atoms with E-state index in [0.29, 0.717) is 19.4 Å². The highest BCUT2D eigenvalue weighted by Crippen LogP contribution is 2.39. The number of amides is 1. The van der Waals surface area contributed by atoms with Crippen LogP contribution in [0.3, 0.4) is 0 Å². The van der Waals surface area contributed by atoms with Crippen LogP contribution in [0.25, 0.3) is 10.9 Å². The zero-order valence-electron chi connectivity index (χ0n) is 20.8. The summed E-state index contributed by atoms with van der Waals surface area (Å²) in [4.78, 5) is 30.8. The number of fused-ring (bicyclic) bond motifs is 1. The molecule has 0 radical (unpaired) electrons. The Kier molecular flexibility index (Phi) is 8.32. The van der Waals surface area contributed by atoms with Gasteiger partial charge in [-0.2, -0.15) is 13.2 Å². The van der Waals surface area contributed by atoms with Crippen LogP contribution >= 0.6 is 23.2 Å². The second-order valence-electron chi connectivity index (χ2n) is 9.42. The maximum Gasteiger partial charge on any atom is 0.416 e. The Balaban J connectivity index is 1.81. The number of rotatable bonds is 7. The van der Waals surface area contributed by atoms with Gasteiger partial charge in [0.25, 0.3) is 5.56 Å². The van der Waals surface area contributed by atoms with Gasteiger partial charge in [-0.25, -0.2) is 13.4 Å². The molecule has 0 bridgehead atoms. The Morgan fingerprint density at radius 1 is 1.21 bits per heavy atom. The predicted molar refractivity (Wildman–Crippen MR) is 141 cm³/mol. The minimum Gasteiger partial charge on any atom is -0.369 e. The number of likely N-dealkylation sites (tertiary alicyclic amines) is 1. The molecule has 2 aromatic carbocycles. The van der Waals surface area contributed by atoms with Crippen molar-refractivity contribution in [3.63, 3.8) is 0 Å². The Morgan fingerprint density at radius 2 is 1.92 bits per heavy atom. The number of aromatic nitrogens is 2. The van der Waals surface area contributed by atoms with E-state index >= 15 is 0 Å². The molecule has 0 aliphatic carbocycles. The van der Waals surface area contributed by atoms with Gasteiger partial charge in [-0.05, 0) is 54.8 Å². The molecule has 1 saturated heterocycles. The zero-order valence-corrected chi connectivity index (χ0v) is 23.1. The van der Waals surface area contributed by atoms with Gasteiger partial charge in [-0.3, -0.25) is 19.1 Å². The molecule has 1 aliphatic heterocycles. The third-order valence-electron chi connectivity index (χ3n) is 6.83. The summed E-state index contributed by atoms with van der Waals surface area (Å²) in [5.41, 5.74) is 3.31. The average molecular weight is 605 g/mol. The van der Waals surface area contributed by atoms with Crippen molar-refractivity contribution in [3.05, 3.63) is 67.7 Å². The number of benzene rings is 2. The number of sulfone groups is 1. The standard InChI is InChI=1S/C25H25Cl2F3N4O4S/c1-2-39(37,38)20-6-5-16(26)8-15(20)11-34-13-32-22-17(24(34)36)9-19(25(28,29)30)18(21(22)27)12-33-7-3-4-14(10-33)23(31)35/h5-6,8-9,13-14H,2-4,7,10-12H2,1H3,(H2,31,35)/t14-/m1/s1. The first-order valence-corrected chi connectivity index (χ1v) is 14.4. The number of primary amides is 1. The van der Waals surface area contributed by atoms with Gasteiger partial charge in [-0.1, -0.05) is 30.1 Å². The van der Waals surface area contributed by atoms with E-state index in [0.717, 1.165) is 17.0 Å². The quantitative estimate of drug-likeness (QED) is 0.431. The molecule has 14 heteroatoms. The van der Waals surface area contributed by atoms with Crippen LogP contribution in [0.15, 0.2) is 40.3 Å². The van der Waals surface area contributed by atoms with E-state index in [9.17, 15) is 31.2 Å². The number of halogens is 5. The van der Waals surface area contributed by atoms with Crippen LogP contribution in [0.4, 0.5) is 13.2 Å². The van der Waals surface area contributed by atoms with Gasteiger partial charge < -0.3 is 5.73 Å². The van der Waals surface area contributed by atoms with Crippen molar-refractivity contribution in [2.75, 3.05) is 18.8 Å². The highest BCUT2D eigenvalue weighted by atomic mass is 35.5. The lowest BCUT2D eigenvalue weighted by Gasteiger charge is -2.32. The lowest BCUT2D eigenvalue weighted by atomic mass is 9.96. The van der Waals surface area contributed by atoms with E-state index in [1.165, 1.54) is 25.1 Å². The maximum atomic E-state index is 14.2. The lowest BCUT2D eigenvalue weighted by Crippen LogP contribution is -2.41. The predicted octanol–water partition coefficient (Wildman–Crippen LogP) is 4.26. The fraction of sp³-hybridized carbons (Fsp3) is 0.400. The van der Waals surface area contributed by atoms with Gasteiger partial charge in [-0.15, -0.1) is 0 Å². The van der Waals surface area contributed by atoms with E-state index in [1.807, 2.05) is 0 Å². The SMILES string of the molecule is CCS(=O)(=O)c1ccc(Cl)cc1Cn1cnc2c(Cl)c(CN3CCC[C@@H](C(N)=O)C3)c(C(F)(F)F)cc2c1=O. The molecule has 0 saturated carbocycles. The first-order chi connectivity index (χ1) is 18.2. The molecular weight excluding hydrogens is 580 g/mol. The number of alkyl halides is 3. The Morgan fingerprint density at radius 3 is 2.56 bits per heavy atom. The molecule has 8 nitrogen and oxygen atoms in total. The third-order valence-corrected chi connectivity index (χ3v) is 9.30. The molecule has 1 aromatic heterocycles. The van der Waals surface area contributed by atoms with Crippen LogP contribution < -0.4 is 11.3 Å². The van der Waals surface area contributed by atoms with E-state index < -0.39 is 39.0 Å². The van der Waals surface area contributed by atoms with Crippen LogP contribution in [-0.4, -0.2) is 47.6 Å². The molecule has 1 aliphatic rings. The van der Waals surface area contributed by atoms with Gasteiger partial charge in [0, 0.05) is 18.1 Å². The molecule has 4 rings (SSSR count). The molecule has 2 N–H and O–H groups in total. The highest BCUT2D eigenvalue weighted by molar-refractivity contribution is 7.91. The van der Waals surface area contributed by atoms with E-state index in [2.05, 4.69) is 4.98 Å². The number of nitrogens with zero attached hydrogens (tertiary/aromatic N) is 3. The lowest BCUT2D eigenvalue weighted by molar-refractivity contribution is -0.138. The molecule has 1 amide bonds. The van der Waals surface area contributed by atoms with Crippen LogP contribution in [0.5, 0.6) is 0 Å². The van der Waals surface area contributed by atoms with E-state index in [-0.39, 0.29) is 62.4 Å². The molecule has 210 valence electrons. The Labute approximate surface area is 232 Å². The number of nitrogens with two attached hydrogens (primary N) is 1. The van der Waals surface area contributed by atoms with Crippen molar-refractivity contribution in [3.8, 4) is 0 Å². The minimum atomic E-state index is -4.84. The first-order valence-electron chi connectivity index (χ1n) is 12.0. The van der Waals surface area contributed by atoms with E-state index in [4.69, 9.17) is 28.9 Å². The summed E-state index contributed by atoms with van der Waals surface area (Å²) in [5.74, 6) is -1.19. The summed E-state index contributed by atoms with van der Waals surface area (Å²) in [6.07, 6.45) is -2.59. The molecule has 3 aromatic rings. The van der Waals surface area contributed by atoms with Gasteiger partial charge in [0.15, 0.2) is 9.84 Å². The van der Waals surface area contributed by atoms with Gasteiger partial charge in [0.2, 0.25) is 5.91 Å². The second-order valence-corrected chi connectivity index (χ2v) is 12.5. The molecule has 2 heterocycles. The molecule has 0 unspecified atom stereocenters. The van der Waals surface area contributed by atoms with Crippen molar-refractivity contribution in [2.24, 2.45) is 11.7 Å². The molecule has 1 fully saturated rings. The normalized spacial score (nSPS) is 17.0.